The van der Waals surface area contributed by atoms with Crippen LogP contribution in [0.15, 0.2) is 18.5 Å². The Balaban J connectivity index is 1.68. The highest BCUT2D eigenvalue weighted by Gasteiger charge is 2.51. The second kappa shape index (κ2) is 6.39. The van der Waals surface area contributed by atoms with Gasteiger partial charge in [0, 0.05) is 25.0 Å². The van der Waals surface area contributed by atoms with Gasteiger partial charge in [-0.15, -0.1) is 0 Å². The Labute approximate surface area is 148 Å². The summed E-state index contributed by atoms with van der Waals surface area (Å²) in [5, 5.41) is 7.33. The van der Waals surface area contributed by atoms with E-state index in [-0.39, 0.29) is 23.0 Å². The number of nitrogens with one attached hydrogen (secondary N) is 1. The van der Waals surface area contributed by atoms with Crippen LogP contribution in [0.1, 0.15) is 38.5 Å². The van der Waals surface area contributed by atoms with Gasteiger partial charge in [-0.3, -0.25) is 9.48 Å². The predicted octanol–water partition coefficient (Wildman–Crippen LogP) is 0.530. The molecule has 1 aliphatic carbocycles. The Bertz CT molecular complexity index is 725. The van der Waals surface area contributed by atoms with Gasteiger partial charge in [-0.25, -0.2) is 8.42 Å². The minimum Gasteiger partial charge on any atom is -0.335 e. The number of carbonyl (C=O) groups excluding carboxylic acids is 1. The summed E-state index contributed by atoms with van der Waals surface area (Å²) in [4.78, 5) is 15.6. The Hall–Kier alpha value is -1.41. The van der Waals surface area contributed by atoms with Crippen LogP contribution in [0.2, 0.25) is 0 Å². The van der Waals surface area contributed by atoms with Crippen LogP contribution in [0.25, 0.3) is 0 Å². The molecule has 0 radical (unpaired) electrons. The summed E-state index contributed by atoms with van der Waals surface area (Å²) in [5.74, 6) is 0.150. The molecule has 2 saturated heterocycles. The van der Waals surface area contributed by atoms with Crippen molar-refractivity contribution in [3.8, 4) is 0 Å². The van der Waals surface area contributed by atoms with E-state index in [1.54, 1.807) is 10.9 Å². The third-order valence-electron chi connectivity index (χ3n) is 6.18. The quantitative estimate of drug-likeness (QED) is 0.825. The van der Waals surface area contributed by atoms with Gasteiger partial charge in [-0.2, -0.15) is 5.10 Å². The van der Waals surface area contributed by atoms with Crippen molar-refractivity contribution in [2.45, 2.75) is 55.4 Å². The number of hydrogen-bond acceptors (Lipinski definition) is 5. The molecule has 0 bridgehead atoms. The molecule has 1 aromatic heterocycles. The first kappa shape index (κ1) is 17.0. The molecular weight excluding hydrogens is 340 g/mol. The van der Waals surface area contributed by atoms with Crippen LogP contribution in [0.5, 0.6) is 0 Å². The van der Waals surface area contributed by atoms with Gasteiger partial charge in [-0.05, 0) is 44.8 Å². The Morgan fingerprint density at radius 3 is 2.68 bits per heavy atom. The molecule has 1 aromatic rings. The lowest BCUT2D eigenvalue weighted by atomic mass is 9.84. The molecule has 3 aliphatic rings. The van der Waals surface area contributed by atoms with Crippen LogP contribution in [0.4, 0.5) is 0 Å². The van der Waals surface area contributed by atoms with E-state index in [9.17, 15) is 13.2 Å². The van der Waals surface area contributed by atoms with Crippen molar-refractivity contribution in [3.05, 3.63) is 18.5 Å². The minimum atomic E-state index is -3.08. The average Bonchev–Trinajstić information content (AvgIpc) is 3.17. The SMILES string of the molecule is O=C(N1CCS(=O)(=O)C2CCCCC21)C1(n2cccn2)CCNCC1. The summed E-state index contributed by atoms with van der Waals surface area (Å²) in [5.41, 5.74) is -0.683. The van der Waals surface area contributed by atoms with Crippen molar-refractivity contribution in [1.82, 2.24) is 20.0 Å². The van der Waals surface area contributed by atoms with Crippen LogP contribution >= 0.6 is 0 Å². The summed E-state index contributed by atoms with van der Waals surface area (Å²) in [6.07, 6.45) is 8.37. The topological polar surface area (TPSA) is 84.3 Å². The van der Waals surface area contributed by atoms with Gasteiger partial charge in [0.25, 0.3) is 5.91 Å². The number of amides is 1. The van der Waals surface area contributed by atoms with Crippen molar-refractivity contribution in [1.29, 1.82) is 0 Å². The summed E-state index contributed by atoms with van der Waals surface area (Å²) in [6, 6.07) is 1.68. The highest BCUT2D eigenvalue weighted by Crippen LogP contribution is 2.36. The fraction of sp³-hybridized carbons (Fsp3) is 0.765. The van der Waals surface area contributed by atoms with Gasteiger partial charge < -0.3 is 10.2 Å². The molecule has 138 valence electrons. The van der Waals surface area contributed by atoms with Crippen LogP contribution in [-0.4, -0.2) is 65.7 Å². The Morgan fingerprint density at radius 1 is 1.20 bits per heavy atom. The number of hydrogen-bond donors (Lipinski definition) is 1. The van der Waals surface area contributed by atoms with E-state index >= 15 is 0 Å². The minimum absolute atomic E-state index is 0.0597. The summed E-state index contributed by atoms with van der Waals surface area (Å²) < 4.78 is 26.8. The van der Waals surface area contributed by atoms with E-state index < -0.39 is 15.4 Å². The third kappa shape index (κ3) is 2.79. The van der Waals surface area contributed by atoms with Crippen molar-refractivity contribution in [3.63, 3.8) is 0 Å². The van der Waals surface area contributed by atoms with Gasteiger partial charge in [0.15, 0.2) is 9.84 Å². The number of piperidine rings is 1. The zero-order chi connectivity index (χ0) is 17.5. The maximum absolute atomic E-state index is 13.7. The zero-order valence-electron chi connectivity index (χ0n) is 14.4. The molecule has 3 heterocycles. The highest BCUT2D eigenvalue weighted by molar-refractivity contribution is 7.92. The summed E-state index contributed by atoms with van der Waals surface area (Å²) in [6.45, 7) is 1.86. The Kier molecular flexibility index (Phi) is 4.35. The molecule has 1 N–H and O–H groups in total. The zero-order valence-corrected chi connectivity index (χ0v) is 15.2. The first-order valence-corrected chi connectivity index (χ1v) is 11.0. The van der Waals surface area contributed by atoms with Crippen molar-refractivity contribution in [2.24, 2.45) is 0 Å². The lowest BCUT2D eigenvalue weighted by molar-refractivity contribution is -0.146. The summed E-state index contributed by atoms with van der Waals surface area (Å²) in [7, 11) is -3.08. The van der Waals surface area contributed by atoms with E-state index in [1.807, 2.05) is 17.2 Å². The monoisotopic (exact) mass is 366 g/mol. The second-order valence-corrected chi connectivity index (χ2v) is 9.83. The van der Waals surface area contributed by atoms with Crippen LogP contribution < -0.4 is 5.32 Å². The molecule has 1 saturated carbocycles. The first-order chi connectivity index (χ1) is 12.0. The van der Waals surface area contributed by atoms with Gasteiger partial charge in [0.05, 0.1) is 11.0 Å². The number of carbonyl (C=O) groups is 1. The lowest BCUT2D eigenvalue weighted by Gasteiger charge is -2.48. The molecule has 2 unspecified atom stereocenters. The fourth-order valence-electron chi connectivity index (χ4n) is 4.82. The van der Waals surface area contributed by atoms with E-state index in [0.717, 1.165) is 32.4 Å². The van der Waals surface area contributed by atoms with E-state index in [2.05, 4.69) is 10.4 Å². The van der Waals surface area contributed by atoms with Crippen molar-refractivity contribution < 1.29 is 13.2 Å². The average molecular weight is 366 g/mol. The molecule has 3 fully saturated rings. The first-order valence-electron chi connectivity index (χ1n) is 9.28. The van der Waals surface area contributed by atoms with Gasteiger partial charge in [0.1, 0.15) is 5.54 Å². The fourth-order valence-corrected chi connectivity index (χ4v) is 6.86. The maximum Gasteiger partial charge on any atom is 0.250 e. The molecule has 1 amide bonds. The van der Waals surface area contributed by atoms with E-state index in [1.165, 1.54) is 0 Å². The molecule has 8 heteroatoms. The number of fused-ring (bicyclic) bond motifs is 1. The Morgan fingerprint density at radius 2 is 1.96 bits per heavy atom. The van der Waals surface area contributed by atoms with E-state index in [0.29, 0.717) is 25.8 Å². The van der Waals surface area contributed by atoms with Crippen LogP contribution in [-0.2, 0) is 20.2 Å². The number of aromatic nitrogens is 2. The number of sulfone groups is 1. The van der Waals surface area contributed by atoms with Crippen LogP contribution in [0, 0.1) is 0 Å². The molecule has 7 nitrogen and oxygen atoms in total. The standard InChI is InChI=1S/C17H26N4O3S/c22-16(17(6-9-18-10-7-17)21-11-3-8-19-21)20-12-13-25(23,24)15-5-2-1-4-14(15)20/h3,8,11,14-15,18H,1-2,4-7,9-10,12-13H2. The molecule has 2 aliphatic heterocycles. The van der Waals surface area contributed by atoms with Gasteiger partial charge >= 0.3 is 0 Å². The predicted molar refractivity (Wildman–Crippen MR) is 93.8 cm³/mol. The molecular formula is C17H26N4O3S. The molecule has 25 heavy (non-hydrogen) atoms. The smallest absolute Gasteiger partial charge is 0.250 e. The largest absolute Gasteiger partial charge is 0.335 e. The van der Waals surface area contributed by atoms with Crippen molar-refractivity contribution >= 4 is 15.7 Å². The molecule has 4 rings (SSSR count). The molecule has 0 aromatic carbocycles. The third-order valence-corrected chi connectivity index (χ3v) is 8.40. The molecule has 0 spiro atoms. The van der Waals surface area contributed by atoms with E-state index in [4.69, 9.17) is 0 Å². The van der Waals surface area contributed by atoms with Crippen molar-refractivity contribution in [2.75, 3.05) is 25.4 Å². The highest BCUT2D eigenvalue weighted by atomic mass is 32.2. The lowest BCUT2D eigenvalue weighted by Crippen LogP contribution is -2.64. The van der Waals surface area contributed by atoms with Crippen LogP contribution in [0.3, 0.4) is 0 Å². The second-order valence-electron chi connectivity index (χ2n) is 7.49. The maximum atomic E-state index is 13.7. The summed E-state index contributed by atoms with van der Waals surface area (Å²) >= 11 is 0. The number of nitrogens with zero attached hydrogens (tertiary/aromatic N) is 3. The van der Waals surface area contributed by atoms with Gasteiger partial charge in [-0.1, -0.05) is 12.8 Å². The normalized spacial score (nSPS) is 31.3. The number of rotatable bonds is 2. The van der Waals surface area contributed by atoms with Gasteiger partial charge in [0.2, 0.25) is 0 Å². The molecule has 2 atom stereocenters.